The number of pyridine rings is 2. The Kier molecular flexibility index (Phi) is 5.08. The number of fused-ring (bicyclic) bond motifs is 1. The van der Waals surface area contributed by atoms with Gasteiger partial charge >= 0.3 is 0 Å². The van der Waals surface area contributed by atoms with Crippen LogP contribution < -0.4 is 10.9 Å². The normalized spacial score (nSPS) is 13.3. The number of amides is 1. The summed E-state index contributed by atoms with van der Waals surface area (Å²) in [6.07, 6.45) is 4.08. The highest BCUT2D eigenvalue weighted by molar-refractivity contribution is 6.06. The minimum atomic E-state index is -0.0829. The number of nitrogens with zero attached hydrogens (tertiary/aromatic N) is 2. The van der Waals surface area contributed by atoms with E-state index >= 15 is 0 Å². The largest absolute Gasteiger partial charge is 0.348 e. The number of carbonyl (C=O) groups is 1. The van der Waals surface area contributed by atoms with Gasteiger partial charge in [0.2, 0.25) is 0 Å². The smallest absolute Gasteiger partial charge is 0.252 e. The first-order valence-corrected chi connectivity index (χ1v) is 10.6. The fourth-order valence-corrected chi connectivity index (χ4v) is 3.80. The van der Waals surface area contributed by atoms with Crippen LogP contribution in [0.5, 0.6) is 0 Å². The summed E-state index contributed by atoms with van der Waals surface area (Å²) < 4.78 is 1.67. The molecule has 0 bridgehead atoms. The number of benzene rings is 2. The van der Waals surface area contributed by atoms with Crippen LogP contribution in [-0.4, -0.2) is 15.5 Å². The van der Waals surface area contributed by atoms with Crippen LogP contribution in [0.4, 0.5) is 0 Å². The summed E-state index contributed by atoms with van der Waals surface area (Å²) >= 11 is 0. The number of rotatable bonds is 6. The van der Waals surface area contributed by atoms with E-state index in [2.05, 4.69) is 5.32 Å². The second-order valence-electron chi connectivity index (χ2n) is 8.05. The van der Waals surface area contributed by atoms with Crippen molar-refractivity contribution in [2.45, 2.75) is 31.8 Å². The average Bonchev–Trinajstić information content (AvgIpc) is 3.65. The fourth-order valence-electron chi connectivity index (χ4n) is 3.80. The molecule has 5 rings (SSSR count). The summed E-state index contributed by atoms with van der Waals surface area (Å²) in [5.41, 5.74) is 4.61. The van der Waals surface area contributed by atoms with Crippen LogP contribution >= 0.6 is 0 Å². The molecule has 2 aromatic carbocycles. The zero-order valence-corrected chi connectivity index (χ0v) is 17.1. The van der Waals surface area contributed by atoms with Gasteiger partial charge in [-0.3, -0.25) is 14.6 Å². The van der Waals surface area contributed by atoms with Crippen molar-refractivity contribution in [3.8, 4) is 0 Å². The van der Waals surface area contributed by atoms with Crippen molar-refractivity contribution in [3.63, 3.8) is 0 Å². The molecule has 5 heteroatoms. The minimum Gasteiger partial charge on any atom is -0.348 e. The lowest BCUT2D eigenvalue weighted by Gasteiger charge is -2.11. The number of carbonyl (C=O) groups excluding carboxylic acids is 1. The van der Waals surface area contributed by atoms with Gasteiger partial charge in [0, 0.05) is 35.8 Å². The molecule has 0 atom stereocenters. The molecule has 1 saturated carbocycles. The standard InChI is InChI=1S/C26H23N3O2/c30-25-7-3-4-14-29(25)17-19-10-8-18(9-11-19)16-27-26(31)22-15-24(20-12-13-20)28-23-6-2-1-5-21(22)23/h1-11,14-15,20H,12-13,16-17H2,(H,27,31). The maximum atomic E-state index is 13.0. The van der Waals surface area contributed by atoms with Gasteiger partial charge in [-0.25, -0.2) is 0 Å². The Bertz CT molecular complexity index is 1300. The minimum absolute atomic E-state index is 0.0195. The average molecular weight is 409 g/mol. The number of para-hydroxylation sites is 1. The molecule has 31 heavy (non-hydrogen) atoms. The Labute approximate surface area is 180 Å². The molecule has 154 valence electrons. The Morgan fingerprint density at radius 3 is 2.48 bits per heavy atom. The highest BCUT2D eigenvalue weighted by atomic mass is 16.1. The van der Waals surface area contributed by atoms with Crippen LogP contribution in [0.15, 0.2) is 83.8 Å². The van der Waals surface area contributed by atoms with Crippen molar-refractivity contribution in [3.05, 3.63) is 112 Å². The van der Waals surface area contributed by atoms with E-state index in [-0.39, 0.29) is 11.5 Å². The van der Waals surface area contributed by atoms with E-state index < -0.39 is 0 Å². The highest BCUT2D eigenvalue weighted by Crippen LogP contribution is 2.40. The van der Waals surface area contributed by atoms with E-state index in [0.717, 1.165) is 40.6 Å². The molecule has 0 unspecified atom stereocenters. The fraction of sp³-hybridized carbons (Fsp3) is 0.192. The third kappa shape index (κ3) is 4.26. The van der Waals surface area contributed by atoms with E-state index in [1.54, 1.807) is 22.9 Å². The van der Waals surface area contributed by atoms with Crippen molar-refractivity contribution < 1.29 is 4.79 Å². The first kappa shape index (κ1) is 19.2. The Hall–Kier alpha value is -3.73. The summed E-state index contributed by atoms with van der Waals surface area (Å²) in [6.45, 7) is 0.971. The van der Waals surface area contributed by atoms with Gasteiger partial charge in [-0.1, -0.05) is 48.5 Å². The lowest BCUT2D eigenvalue weighted by Crippen LogP contribution is -2.23. The third-order valence-corrected chi connectivity index (χ3v) is 5.70. The van der Waals surface area contributed by atoms with Gasteiger partial charge in [-0.2, -0.15) is 0 Å². The topological polar surface area (TPSA) is 64.0 Å². The molecule has 1 N–H and O–H groups in total. The van der Waals surface area contributed by atoms with Crippen LogP contribution in [0.1, 0.15) is 45.9 Å². The van der Waals surface area contributed by atoms with Crippen LogP contribution in [0.3, 0.4) is 0 Å². The summed E-state index contributed by atoms with van der Waals surface area (Å²) in [5.74, 6) is 0.404. The predicted molar refractivity (Wildman–Crippen MR) is 121 cm³/mol. The quantitative estimate of drug-likeness (QED) is 0.518. The van der Waals surface area contributed by atoms with E-state index in [4.69, 9.17) is 4.98 Å². The monoisotopic (exact) mass is 409 g/mol. The lowest BCUT2D eigenvalue weighted by atomic mass is 10.0. The van der Waals surface area contributed by atoms with Gasteiger partial charge in [0.15, 0.2) is 0 Å². The summed E-state index contributed by atoms with van der Waals surface area (Å²) in [7, 11) is 0. The van der Waals surface area contributed by atoms with E-state index in [0.29, 0.717) is 24.6 Å². The van der Waals surface area contributed by atoms with E-state index in [1.807, 2.05) is 60.7 Å². The first-order chi connectivity index (χ1) is 15.2. The van der Waals surface area contributed by atoms with Gasteiger partial charge in [0.25, 0.3) is 11.5 Å². The second kappa shape index (κ2) is 8.19. The molecule has 0 aliphatic heterocycles. The third-order valence-electron chi connectivity index (χ3n) is 5.70. The number of hydrogen-bond acceptors (Lipinski definition) is 3. The zero-order valence-electron chi connectivity index (χ0n) is 17.1. The van der Waals surface area contributed by atoms with Crippen LogP contribution in [-0.2, 0) is 13.1 Å². The molecule has 4 aromatic rings. The van der Waals surface area contributed by atoms with Crippen molar-refractivity contribution in [2.75, 3.05) is 0 Å². The van der Waals surface area contributed by atoms with E-state index in [1.165, 1.54) is 0 Å². The molecule has 1 aliphatic carbocycles. The highest BCUT2D eigenvalue weighted by Gasteiger charge is 2.26. The van der Waals surface area contributed by atoms with Gasteiger partial charge in [0.05, 0.1) is 17.6 Å². The molecule has 0 spiro atoms. The SMILES string of the molecule is O=C(NCc1ccc(Cn2ccccc2=O)cc1)c1cc(C2CC2)nc2ccccc12. The maximum absolute atomic E-state index is 13.0. The van der Waals surface area contributed by atoms with E-state index in [9.17, 15) is 9.59 Å². The number of nitrogens with one attached hydrogen (secondary N) is 1. The van der Waals surface area contributed by atoms with Gasteiger partial charge < -0.3 is 9.88 Å². The molecule has 2 heterocycles. The van der Waals surface area contributed by atoms with Crippen molar-refractivity contribution in [1.29, 1.82) is 0 Å². The molecule has 5 nitrogen and oxygen atoms in total. The molecule has 0 saturated heterocycles. The Balaban J connectivity index is 1.30. The second-order valence-corrected chi connectivity index (χ2v) is 8.05. The molecule has 2 aromatic heterocycles. The molecular formula is C26H23N3O2. The van der Waals surface area contributed by atoms with Gasteiger partial charge in [0.1, 0.15) is 0 Å². The van der Waals surface area contributed by atoms with Gasteiger partial charge in [-0.15, -0.1) is 0 Å². The summed E-state index contributed by atoms with van der Waals surface area (Å²) in [5, 5.41) is 3.93. The van der Waals surface area contributed by atoms with Crippen LogP contribution in [0, 0.1) is 0 Å². The Morgan fingerprint density at radius 2 is 1.71 bits per heavy atom. The maximum Gasteiger partial charge on any atom is 0.252 e. The zero-order chi connectivity index (χ0) is 21.2. The van der Waals surface area contributed by atoms with Crippen LogP contribution in [0.25, 0.3) is 10.9 Å². The first-order valence-electron chi connectivity index (χ1n) is 10.6. The van der Waals surface area contributed by atoms with Crippen molar-refractivity contribution in [2.24, 2.45) is 0 Å². The van der Waals surface area contributed by atoms with Crippen LogP contribution in [0.2, 0.25) is 0 Å². The lowest BCUT2D eigenvalue weighted by molar-refractivity contribution is 0.0952. The Morgan fingerprint density at radius 1 is 0.968 bits per heavy atom. The number of hydrogen-bond donors (Lipinski definition) is 1. The summed E-state index contributed by atoms with van der Waals surface area (Å²) in [4.78, 5) is 29.6. The molecular weight excluding hydrogens is 386 g/mol. The number of aromatic nitrogens is 2. The van der Waals surface area contributed by atoms with Crippen molar-refractivity contribution >= 4 is 16.8 Å². The molecule has 1 amide bonds. The summed E-state index contributed by atoms with van der Waals surface area (Å²) in [6, 6.07) is 22.9. The van der Waals surface area contributed by atoms with Gasteiger partial charge in [-0.05, 0) is 42.2 Å². The van der Waals surface area contributed by atoms with Crippen molar-refractivity contribution in [1.82, 2.24) is 14.9 Å². The molecule has 1 fully saturated rings. The molecule has 0 radical (unpaired) electrons. The molecule has 1 aliphatic rings. The predicted octanol–water partition coefficient (Wildman–Crippen LogP) is 4.25.